The molecule has 0 atom stereocenters. The Labute approximate surface area is 183 Å². The molecule has 0 saturated carbocycles. The van der Waals surface area contributed by atoms with Crippen molar-refractivity contribution in [3.63, 3.8) is 0 Å². The van der Waals surface area contributed by atoms with Crippen molar-refractivity contribution in [3.8, 4) is 11.5 Å². The molecule has 2 aromatic heterocycles. The monoisotopic (exact) mass is 414 g/mol. The van der Waals surface area contributed by atoms with Crippen molar-refractivity contribution in [1.82, 2.24) is 19.6 Å². The van der Waals surface area contributed by atoms with Crippen molar-refractivity contribution in [2.24, 2.45) is 0 Å². The molecule has 3 heterocycles. The number of hydrogen-bond acceptors (Lipinski definition) is 4. The van der Waals surface area contributed by atoms with Gasteiger partial charge in [-0.15, -0.1) is 0 Å². The van der Waals surface area contributed by atoms with Crippen molar-refractivity contribution < 1.29 is 4.52 Å². The number of fused-ring (bicyclic) bond motifs is 1. The summed E-state index contributed by atoms with van der Waals surface area (Å²) in [6.07, 6.45) is 9.08. The van der Waals surface area contributed by atoms with E-state index in [2.05, 4.69) is 75.4 Å². The summed E-state index contributed by atoms with van der Waals surface area (Å²) in [5, 5.41) is 5.44. The smallest absolute Gasteiger partial charge is 0.260 e. The Morgan fingerprint density at radius 3 is 2.52 bits per heavy atom. The molecular formula is C26H30N4O. The SMILES string of the molecule is c1ccc(CCCc2noc(-c3cn(CCN4CCCCC4)c4ccccc34)n2)cc1. The van der Waals surface area contributed by atoms with Crippen molar-refractivity contribution in [1.29, 1.82) is 0 Å². The number of para-hydroxylation sites is 1. The lowest BCUT2D eigenvalue weighted by molar-refractivity contribution is 0.221. The van der Waals surface area contributed by atoms with Crippen molar-refractivity contribution in [2.75, 3.05) is 19.6 Å². The highest BCUT2D eigenvalue weighted by molar-refractivity contribution is 5.94. The van der Waals surface area contributed by atoms with Gasteiger partial charge in [0, 0.05) is 36.6 Å². The zero-order valence-corrected chi connectivity index (χ0v) is 18.0. The van der Waals surface area contributed by atoms with E-state index >= 15 is 0 Å². The second-order valence-corrected chi connectivity index (χ2v) is 8.51. The van der Waals surface area contributed by atoms with Crippen LogP contribution >= 0.6 is 0 Å². The molecule has 0 radical (unpaired) electrons. The number of benzene rings is 2. The van der Waals surface area contributed by atoms with Gasteiger partial charge in [-0.25, -0.2) is 0 Å². The molecule has 0 spiro atoms. The van der Waals surface area contributed by atoms with E-state index in [0.717, 1.165) is 43.7 Å². The number of aryl methyl sites for hydroxylation is 2. The quantitative estimate of drug-likeness (QED) is 0.390. The lowest BCUT2D eigenvalue weighted by Crippen LogP contribution is -2.32. The van der Waals surface area contributed by atoms with Crippen LogP contribution in [-0.4, -0.2) is 39.2 Å². The fourth-order valence-corrected chi connectivity index (χ4v) is 4.59. The molecule has 4 aromatic rings. The Kier molecular flexibility index (Phi) is 6.12. The maximum absolute atomic E-state index is 5.68. The first kappa shape index (κ1) is 20.0. The molecule has 0 amide bonds. The first-order valence-electron chi connectivity index (χ1n) is 11.5. The molecule has 1 aliphatic rings. The minimum absolute atomic E-state index is 0.627. The molecule has 160 valence electrons. The van der Waals surface area contributed by atoms with Crippen LogP contribution in [-0.2, 0) is 19.4 Å². The summed E-state index contributed by atoms with van der Waals surface area (Å²) in [5.41, 5.74) is 3.62. The predicted octanol–water partition coefficient (Wildman–Crippen LogP) is 5.35. The van der Waals surface area contributed by atoms with Crippen molar-refractivity contribution in [3.05, 3.63) is 72.2 Å². The van der Waals surface area contributed by atoms with Crippen LogP contribution in [0.4, 0.5) is 0 Å². The van der Waals surface area contributed by atoms with E-state index in [4.69, 9.17) is 9.51 Å². The van der Waals surface area contributed by atoms with Crippen LogP contribution in [0.25, 0.3) is 22.4 Å². The number of piperidine rings is 1. The number of likely N-dealkylation sites (tertiary alicyclic amines) is 1. The third-order valence-electron chi connectivity index (χ3n) is 6.30. The zero-order chi connectivity index (χ0) is 20.9. The molecule has 0 unspecified atom stereocenters. The Bertz CT molecular complexity index is 1110. The maximum atomic E-state index is 5.68. The highest BCUT2D eigenvalue weighted by atomic mass is 16.5. The van der Waals surface area contributed by atoms with Gasteiger partial charge < -0.3 is 14.0 Å². The van der Waals surface area contributed by atoms with E-state index in [9.17, 15) is 0 Å². The third kappa shape index (κ3) is 4.72. The normalized spacial score (nSPS) is 15.0. The molecule has 1 saturated heterocycles. The van der Waals surface area contributed by atoms with Gasteiger partial charge in [0.05, 0.1) is 5.56 Å². The number of nitrogens with zero attached hydrogens (tertiary/aromatic N) is 4. The van der Waals surface area contributed by atoms with Crippen LogP contribution in [0.3, 0.4) is 0 Å². The standard InChI is InChI=1S/C26H30N4O/c1-3-10-21(11-4-1)12-9-15-25-27-26(31-28-25)23-20-30(24-14-6-5-13-22(23)24)19-18-29-16-7-2-8-17-29/h1,3-6,10-11,13-14,20H,2,7-9,12,15-19H2. The Morgan fingerprint density at radius 1 is 0.839 bits per heavy atom. The second kappa shape index (κ2) is 9.48. The Morgan fingerprint density at radius 2 is 1.65 bits per heavy atom. The lowest BCUT2D eigenvalue weighted by atomic mass is 10.1. The van der Waals surface area contributed by atoms with E-state index in [1.807, 2.05) is 0 Å². The van der Waals surface area contributed by atoms with Crippen LogP contribution in [0.5, 0.6) is 0 Å². The zero-order valence-electron chi connectivity index (χ0n) is 18.0. The van der Waals surface area contributed by atoms with E-state index in [1.54, 1.807) is 0 Å². The fourth-order valence-electron chi connectivity index (χ4n) is 4.59. The van der Waals surface area contributed by atoms with Crippen LogP contribution in [0.1, 0.15) is 37.1 Å². The summed E-state index contributed by atoms with van der Waals surface area (Å²) in [6, 6.07) is 19.1. The summed E-state index contributed by atoms with van der Waals surface area (Å²) in [4.78, 5) is 7.30. The summed E-state index contributed by atoms with van der Waals surface area (Å²) in [6.45, 7) is 4.52. The van der Waals surface area contributed by atoms with E-state index in [1.165, 1.54) is 48.8 Å². The van der Waals surface area contributed by atoms with Crippen molar-refractivity contribution >= 4 is 10.9 Å². The van der Waals surface area contributed by atoms with Gasteiger partial charge in [-0.1, -0.05) is 60.1 Å². The molecule has 1 fully saturated rings. The largest absolute Gasteiger partial charge is 0.345 e. The maximum Gasteiger partial charge on any atom is 0.260 e. The van der Waals surface area contributed by atoms with Crippen LogP contribution in [0.2, 0.25) is 0 Å². The van der Waals surface area contributed by atoms with Gasteiger partial charge in [0.1, 0.15) is 0 Å². The van der Waals surface area contributed by atoms with E-state index in [0.29, 0.717) is 5.89 Å². The summed E-state index contributed by atoms with van der Waals surface area (Å²) >= 11 is 0. The van der Waals surface area contributed by atoms with E-state index in [-0.39, 0.29) is 0 Å². The molecular weight excluding hydrogens is 384 g/mol. The number of rotatable bonds is 8. The molecule has 5 heteroatoms. The Balaban J connectivity index is 1.29. The van der Waals surface area contributed by atoms with Crippen LogP contribution in [0, 0.1) is 0 Å². The first-order valence-corrected chi connectivity index (χ1v) is 11.5. The van der Waals surface area contributed by atoms with Crippen molar-refractivity contribution in [2.45, 2.75) is 45.1 Å². The number of hydrogen-bond donors (Lipinski definition) is 0. The molecule has 0 aliphatic carbocycles. The summed E-state index contributed by atoms with van der Waals surface area (Å²) in [7, 11) is 0. The molecule has 1 aliphatic heterocycles. The average Bonchev–Trinajstić information content (AvgIpc) is 3.44. The van der Waals surface area contributed by atoms with Crippen LogP contribution in [0.15, 0.2) is 65.3 Å². The summed E-state index contributed by atoms with van der Waals surface area (Å²) < 4.78 is 8.03. The van der Waals surface area contributed by atoms with Gasteiger partial charge in [-0.3, -0.25) is 0 Å². The van der Waals surface area contributed by atoms with Gasteiger partial charge in [0.15, 0.2) is 5.82 Å². The fraction of sp³-hybridized carbons (Fsp3) is 0.385. The molecule has 5 nitrogen and oxygen atoms in total. The highest BCUT2D eigenvalue weighted by Gasteiger charge is 2.17. The minimum Gasteiger partial charge on any atom is -0.345 e. The molecule has 0 N–H and O–H groups in total. The van der Waals surface area contributed by atoms with Gasteiger partial charge in [-0.2, -0.15) is 4.98 Å². The molecule has 5 rings (SSSR count). The van der Waals surface area contributed by atoms with Crippen LogP contribution < -0.4 is 0 Å². The minimum atomic E-state index is 0.627. The highest BCUT2D eigenvalue weighted by Crippen LogP contribution is 2.30. The third-order valence-corrected chi connectivity index (χ3v) is 6.30. The Hall–Kier alpha value is -2.92. The van der Waals surface area contributed by atoms with Gasteiger partial charge in [-0.05, 0) is 50.4 Å². The average molecular weight is 415 g/mol. The first-order chi connectivity index (χ1) is 15.4. The van der Waals surface area contributed by atoms with Gasteiger partial charge in [0.2, 0.25) is 0 Å². The van der Waals surface area contributed by atoms with E-state index < -0.39 is 0 Å². The lowest BCUT2D eigenvalue weighted by Gasteiger charge is -2.26. The van der Waals surface area contributed by atoms with Gasteiger partial charge in [0.25, 0.3) is 5.89 Å². The molecule has 0 bridgehead atoms. The molecule has 31 heavy (non-hydrogen) atoms. The van der Waals surface area contributed by atoms with Gasteiger partial charge >= 0.3 is 0 Å². The predicted molar refractivity (Wildman–Crippen MR) is 124 cm³/mol. The number of aromatic nitrogens is 3. The second-order valence-electron chi connectivity index (χ2n) is 8.51. The molecule has 2 aromatic carbocycles. The topological polar surface area (TPSA) is 47.1 Å². The summed E-state index contributed by atoms with van der Waals surface area (Å²) in [5.74, 6) is 1.42.